The van der Waals surface area contributed by atoms with Crippen molar-refractivity contribution in [3.8, 4) is 0 Å². The molecule has 1 unspecified atom stereocenters. The summed E-state index contributed by atoms with van der Waals surface area (Å²) >= 11 is 5.96. The zero-order chi connectivity index (χ0) is 20.4. The highest BCUT2D eigenvalue weighted by Crippen LogP contribution is 2.38. The first kappa shape index (κ1) is 20.0. The topological polar surface area (TPSA) is 64.9 Å². The van der Waals surface area contributed by atoms with Gasteiger partial charge in [-0.1, -0.05) is 41.6 Å². The van der Waals surface area contributed by atoms with Crippen molar-refractivity contribution in [3.05, 3.63) is 76.1 Å². The van der Waals surface area contributed by atoms with Crippen molar-refractivity contribution in [3.63, 3.8) is 0 Å². The van der Waals surface area contributed by atoms with Crippen LogP contribution in [-0.2, 0) is 9.59 Å². The normalized spacial score (nSPS) is 18.9. The van der Waals surface area contributed by atoms with Crippen LogP contribution < -0.4 is 10.0 Å². The number of nitrogens with one attached hydrogen (secondary N) is 1. The molecule has 1 aliphatic rings. The average Bonchev–Trinajstić information content (AvgIpc) is 2.91. The molecule has 1 amide bonds. The Morgan fingerprint density at radius 3 is 2.29 bits per heavy atom. The zero-order valence-electron chi connectivity index (χ0n) is 15.5. The van der Waals surface area contributed by atoms with Gasteiger partial charge in [-0.15, -0.1) is 0 Å². The van der Waals surface area contributed by atoms with Crippen molar-refractivity contribution in [1.82, 2.24) is 4.90 Å². The molecule has 0 aliphatic carbocycles. The summed E-state index contributed by atoms with van der Waals surface area (Å²) in [4.78, 5) is 27.9. The molecular weight excluding hydrogens is 383 g/mol. The summed E-state index contributed by atoms with van der Waals surface area (Å²) in [6, 6.07) is 10.8. The van der Waals surface area contributed by atoms with E-state index in [4.69, 9.17) is 11.6 Å². The minimum atomic E-state index is -0.817. The molecule has 1 fully saturated rings. The first-order valence-corrected chi connectivity index (χ1v) is 9.24. The Morgan fingerprint density at radius 2 is 1.71 bits per heavy atom. The summed E-state index contributed by atoms with van der Waals surface area (Å²) in [6.45, 7) is 0.932. The Kier molecular flexibility index (Phi) is 5.82. The van der Waals surface area contributed by atoms with E-state index >= 15 is 0 Å². The van der Waals surface area contributed by atoms with E-state index in [-0.39, 0.29) is 11.1 Å². The smallest absolute Gasteiger partial charge is 0.295 e. The lowest BCUT2D eigenvalue weighted by Gasteiger charge is -2.27. The second-order valence-electron chi connectivity index (χ2n) is 6.99. The van der Waals surface area contributed by atoms with Gasteiger partial charge in [-0.05, 0) is 35.4 Å². The molecule has 0 radical (unpaired) electrons. The predicted molar refractivity (Wildman–Crippen MR) is 102 cm³/mol. The molecule has 1 heterocycles. The van der Waals surface area contributed by atoms with Crippen molar-refractivity contribution in [1.29, 1.82) is 0 Å². The van der Waals surface area contributed by atoms with E-state index in [2.05, 4.69) is 0 Å². The number of hydrogen-bond donors (Lipinski definition) is 1. The Labute approximate surface area is 167 Å². The van der Waals surface area contributed by atoms with E-state index in [0.29, 0.717) is 23.7 Å². The number of benzene rings is 2. The molecule has 1 saturated heterocycles. The Balaban J connectivity index is 2.13. The lowest BCUT2D eigenvalue weighted by Crippen LogP contribution is -3.06. The highest BCUT2D eigenvalue weighted by molar-refractivity contribution is 6.46. The summed E-state index contributed by atoms with van der Waals surface area (Å²) in [7, 11) is 3.88. The summed E-state index contributed by atoms with van der Waals surface area (Å²) < 4.78 is 13.2. The van der Waals surface area contributed by atoms with Crippen LogP contribution in [0.2, 0.25) is 5.02 Å². The standard InChI is InChI=1S/C21H20ClFN2O3/c1-24(2)11-12-25-18(13-3-7-15(22)8-4-13)17(20(27)21(25)28)19(26)14-5-9-16(23)10-6-14/h3-10,18,26H,11-12H2,1-2H3. The number of quaternary nitrogens is 1. The van der Waals surface area contributed by atoms with Crippen molar-refractivity contribution >= 4 is 29.1 Å². The van der Waals surface area contributed by atoms with Gasteiger partial charge in [0.2, 0.25) is 5.78 Å². The Hall–Kier alpha value is -2.70. The number of ketones is 1. The van der Waals surface area contributed by atoms with Gasteiger partial charge >= 0.3 is 0 Å². The number of hydrogen-bond acceptors (Lipinski definition) is 3. The summed E-state index contributed by atoms with van der Waals surface area (Å²) in [5.74, 6) is -2.58. The van der Waals surface area contributed by atoms with E-state index in [1.165, 1.54) is 17.0 Å². The molecule has 1 atom stereocenters. The van der Waals surface area contributed by atoms with Crippen LogP contribution in [-0.4, -0.2) is 43.8 Å². The van der Waals surface area contributed by atoms with Crippen LogP contribution in [0.4, 0.5) is 4.39 Å². The monoisotopic (exact) mass is 402 g/mol. The number of likely N-dealkylation sites (tertiary alicyclic amines) is 1. The van der Waals surface area contributed by atoms with Crippen LogP contribution in [0.3, 0.4) is 0 Å². The quantitative estimate of drug-likeness (QED) is 0.458. The number of halogens is 2. The maximum atomic E-state index is 13.2. The third-order valence-electron chi connectivity index (χ3n) is 4.67. The fraction of sp³-hybridized carbons (Fsp3) is 0.238. The number of nitrogens with zero attached hydrogens (tertiary/aromatic N) is 1. The maximum Gasteiger partial charge on any atom is 0.295 e. The van der Waals surface area contributed by atoms with E-state index < -0.39 is 29.3 Å². The number of carbonyl (C=O) groups excluding carboxylic acids is 2. The van der Waals surface area contributed by atoms with Crippen LogP contribution in [0.15, 0.2) is 54.1 Å². The highest BCUT2D eigenvalue weighted by Gasteiger charge is 2.44. The molecule has 146 valence electrons. The van der Waals surface area contributed by atoms with Crippen LogP contribution in [0, 0.1) is 5.82 Å². The second-order valence-corrected chi connectivity index (χ2v) is 7.42. The van der Waals surface area contributed by atoms with Gasteiger partial charge in [-0.3, -0.25) is 9.59 Å². The maximum absolute atomic E-state index is 13.2. The molecule has 28 heavy (non-hydrogen) atoms. The zero-order valence-corrected chi connectivity index (χ0v) is 16.3. The third-order valence-corrected chi connectivity index (χ3v) is 4.93. The highest BCUT2D eigenvalue weighted by atomic mass is 35.5. The van der Waals surface area contributed by atoms with Crippen LogP contribution >= 0.6 is 11.6 Å². The average molecular weight is 403 g/mol. The first-order chi connectivity index (χ1) is 13.3. The first-order valence-electron chi connectivity index (χ1n) is 8.86. The molecule has 3 rings (SSSR count). The number of Topliss-reactive ketones (excluding diaryl/α,β-unsaturated/α-hetero) is 1. The Bertz CT molecular complexity index is 924. The molecule has 0 aromatic heterocycles. The van der Waals surface area contributed by atoms with Crippen molar-refractivity contribution in [2.75, 3.05) is 27.2 Å². The largest absolute Gasteiger partial charge is 0.872 e. The molecule has 0 spiro atoms. The van der Waals surface area contributed by atoms with Gasteiger partial charge in [0.1, 0.15) is 5.82 Å². The molecule has 2 aromatic rings. The van der Waals surface area contributed by atoms with Gasteiger partial charge in [-0.2, -0.15) is 0 Å². The number of carbonyl (C=O) groups is 2. The van der Waals surface area contributed by atoms with E-state index in [1.54, 1.807) is 24.3 Å². The lowest BCUT2D eigenvalue weighted by atomic mass is 9.95. The molecule has 7 heteroatoms. The van der Waals surface area contributed by atoms with Gasteiger partial charge in [-0.25, -0.2) is 4.39 Å². The summed E-state index contributed by atoms with van der Waals surface area (Å²) in [5.41, 5.74) is 0.673. The number of likely N-dealkylation sites (N-methyl/N-ethyl adjacent to an activating group) is 1. The van der Waals surface area contributed by atoms with E-state index in [1.807, 2.05) is 14.1 Å². The second kappa shape index (κ2) is 8.12. The van der Waals surface area contributed by atoms with Gasteiger partial charge in [0, 0.05) is 10.6 Å². The molecule has 1 N–H and O–H groups in total. The van der Waals surface area contributed by atoms with Gasteiger partial charge < -0.3 is 14.9 Å². The van der Waals surface area contributed by atoms with E-state index in [9.17, 15) is 19.1 Å². The van der Waals surface area contributed by atoms with Gasteiger partial charge in [0.15, 0.2) is 0 Å². The minimum absolute atomic E-state index is 0.118. The minimum Gasteiger partial charge on any atom is -0.872 e. The van der Waals surface area contributed by atoms with Crippen LogP contribution in [0.1, 0.15) is 17.2 Å². The molecule has 1 aliphatic heterocycles. The molecule has 2 aromatic carbocycles. The predicted octanol–water partition coefficient (Wildman–Crippen LogP) is 0.848. The molecule has 0 bridgehead atoms. The third kappa shape index (κ3) is 3.93. The fourth-order valence-corrected chi connectivity index (χ4v) is 3.32. The van der Waals surface area contributed by atoms with Crippen molar-refractivity contribution in [2.45, 2.75) is 6.04 Å². The van der Waals surface area contributed by atoms with Crippen molar-refractivity contribution in [2.24, 2.45) is 0 Å². The fourth-order valence-electron chi connectivity index (χ4n) is 3.19. The SMILES string of the molecule is C[NH+](C)CCN1C(=O)C(=O)C(=C([O-])c2ccc(F)cc2)C1c1ccc(Cl)cc1. The Morgan fingerprint density at radius 1 is 1.11 bits per heavy atom. The molecule has 0 saturated carbocycles. The number of rotatable bonds is 5. The number of amides is 1. The van der Waals surface area contributed by atoms with Crippen LogP contribution in [0.5, 0.6) is 0 Å². The molecule has 5 nitrogen and oxygen atoms in total. The summed E-state index contributed by atoms with van der Waals surface area (Å²) in [5, 5.41) is 13.6. The van der Waals surface area contributed by atoms with Crippen LogP contribution in [0.25, 0.3) is 5.76 Å². The van der Waals surface area contributed by atoms with Gasteiger partial charge in [0.05, 0.1) is 33.2 Å². The summed E-state index contributed by atoms with van der Waals surface area (Å²) in [6.07, 6.45) is 0. The molecular formula is C21H20ClFN2O3. The lowest BCUT2D eigenvalue weighted by molar-refractivity contribution is -0.857. The van der Waals surface area contributed by atoms with Crippen molar-refractivity contribution < 1.29 is 24.0 Å². The van der Waals surface area contributed by atoms with E-state index in [0.717, 1.165) is 17.0 Å². The van der Waals surface area contributed by atoms with Gasteiger partial charge in [0.25, 0.3) is 5.91 Å².